The minimum absolute atomic E-state index is 0.0402. The summed E-state index contributed by atoms with van der Waals surface area (Å²) in [6, 6.07) is 5.39. The van der Waals surface area contributed by atoms with E-state index in [1.165, 1.54) is 0 Å². The first-order valence-electron chi connectivity index (χ1n) is 7.23. The lowest BCUT2D eigenvalue weighted by Gasteiger charge is -2.26. The SMILES string of the molecule is CN(C)C(=O)c1ccc(NCCN2CCOCC2)c(N)c1. The van der Waals surface area contributed by atoms with Gasteiger partial charge in [-0.15, -0.1) is 0 Å². The number of nitrogens with two attached hydrogens (primary N) is 1. The van der Waals surface area contributed by atoms with Crippen LogP contribution in [0.3, 0.4) is 0 Å². The van der Waals surface area contributed by atoms with Gasteiger partial charge in [-0.25, -0.2) is 0 Å². The molecule has 1 heterocycles. The molecule has 0 bridgehead atoms. The zero-order chi connectivity index (χ0) is 15.2. The number of nitrogen functional groups attached to an aromatic ring is 1. The van der Waals surface area contributed by atoms with Gasteiger partial charge in [0.05, 0.1) is 24.6 Å². The highest BCUT2D eigenvalue weighted by atomic mass is 16.5. The maximum absolute atomic E-state index is 11.9. The molecule has 0 aliphatic carbocycles. The smallest absolute Gasteiger partial charge is 0.253 e. The summed E-state index contributed by atoms with van der Waals surface area (Å²) in [5.41, 5.74) is 8.09. The van der Waals surface area contributed by atoms with E-state index in [0.29, 0.717) is 11.3 Å². The van der Waals surface area contributed by atoms with Crippen LogP contribution in [0.1, 0.15) is 10.4 Å². The lowest BCUT2D eigenvalue weighted by atomic mass is 10.1. The zero-order valence-electron chi connectivity index (χ0n) is 12.8. The molecule has 6 nitrogen and oxygen atoms in total. The molecule has 0 unspecified atom stereocenters. The lowest BCUT2D eigenvalue weighted by molar-refractivity contribution is 0.0398. The molecule has 6 heteroatoms. The molecular weight excluding hydrogens is 268 g/mol. The number of benzene rings is 1. The monoisotopic (exact) mass is 292 g/mol. The molecule has 0 radical (unpaired) electrons. The highest BCUT2D eigenvalue weighted by molar-refractivity contribution is 5.95. The third-order valence-electron chi connectivity index (χ3n) is 3.55. The standard InChI is InChI=1S/C15H24N4O2/c1-18(2)15(20)12-3-4-14(13(16)11-12)17-5-6-19-7-9-21-10-8-19/h3-4,11,17H,5-10,16H2,1-2H3. The first-order chi connectivity index (χ1) is 10.1. The lowest BCUT2D eigenvalue weighted by Crippen LogP contribution is -2.39. The van der Waals surface area contributed by atoms with Crippen LogP contribution in [0.25, 0.3) is 0 Å². The average molecular weight is 292 g/mol. The van der Waals surface area contributed by atoms with Crippen LogP contribution in [0, 0.1) is 0 Å². The van der Waals surface area contributed by atoms with Crippen LogP contribution < -0.4 is 11.1 Å². The quantitative estimate of drug-likeness (QED) is 0.782. The van der Waals surface area contributed by atoms with Gasteiger partial charge in [-0.1, -0.05) is 0 Å². The van der Waals surface area contributed by atoms with Crippen molar-refractivity contribution in [2.75, 3.05) is 64.5 Å². The van der Waals surface area contributed by atoms with Gasteiger partial charge in [-0.2, -0.15) is 0 Å². The fourth-order valence-corrected chi connectivity index (χ4v) is 2.29. The van der Waals surface area contributed by atoms with Crippen molar-refractivity contribution < 1.29 is 9.53 Å². The molecule has 2 rings (SSSR count). The molecule has 0 spiro atoms. The summed E-state index contributed by atoms with van der Waals surface area (Å²) in [6.45, 7) is 5.36. The normalized spacial score (nSPS) is 15.7. The van der Waals surface area contributed by atoms with Gasteiger partial charge in [0.2, 0.25) is 0 Å². The van der Waals surface area contributed by atoms with Crippen molar-refractivity contribution in [2.45, 2.75) is 0 Å². The molecule has 3 N–H and O–H groups in total. The maximum Gasteiger partial charge on any atom is 0.253 e. The third-order valence-corrected chi connectivity index (χ3v) is 3.55. The van der Waals surface area contributed by atoms with E-state index in [1.807, 2.05) is 6.07 Å². The molecule has 1 saturated heterocycles. The minimum Gasteiger partial charge on any atom is -0.397 e. The van der Waals surface area contributed by atoms with Crippen molar-refractivity contribution in [3.05, 3.63) is 23.8 Å². The number of ether oxygens (including phenoxy) is 1. The first kappa shape index (κ1) is 15.6. The van der Waals surface area contributed by atoms with Gasteiger partial charge in [0.15, 0.2) is 0 Å². The number of carbonyl (C=O) groups excluding carboxylic acids is 1. The van der Waals surface area contributed by atoms with Gasteiger partial charge < -0.3 is 20.7 Å². The Bertz CT molecular complexity index is 485. The van der Waals surface area contributed by atoms with E-state index >= 15 is 0 Å². The third kappa shape index (κ3) is 4.34. The highest BCUT2D eigenvalue weighted by Crippen LogP contribution is 2.20. The maximum atomic E-state index is 11.9. The number of rotatable bonds is 5. The summed E-state index contributed by atoms with van der Waals surface area (Å²) in [5, 5.41) is 3.32. The molecule has 21 heavy (non-hydrogen) atoms. The number of carbonyl (C=O) groups is 1. The second kappa shape index (κ2) is 7.28. The molecule has 1 aliphatic rings. The van der Waals surface area contributed by atoms with Gasteiger partial charge >= 0.3 is 0 Å². The molecular formula is C15H24N4O2. The molecule has 116 valence electrons. The molecule has 1 fully saturated rings. The van der Waals surface area contributed by atoms with Crippen LogP contribution in [0.15, 0.2) is 18.2 Å². The first-order valence-corrected chi connectivity index (χ1v) is 7.23. The Morgan fingerprint density at radius 2 is 2.10 bits per heavy atom. The number of nitrogens with one attached hydrogen (secondary N) is 1. The number of amides is 1. The Morgan fingerprint density at radius 1 is 1.38 bits per heavy atom. The topological polar surface area (TPSA) is 70.8 Å². The van der Waals surface area contributed by atoms with Gasteiger partial charge in [-0.05, 0) is 18.2 Å². The van der Waals surface area contributed by atoms with Crippen molar-refractivity contribution in [1.29, 1.82) is 0 Å². The van der Waals surface area contributed by atoms with Crippen LogP contribution in [-0.4, -0.2) is 69.2 Å². The Morgan fingerprint density at radius 3 is 2.71 bits per heavy atom. The summed E-state index contributed by atoms with van der Waals surface area (Å²) in [5.74, 6) is -0.0402. The van der Waals surface area contributed by atoms with E-state index in [1.54, 1.807) is 31.1 Å². The largest absolute Gasteiger partial charge is 0.397 e. The molecule has 1 aliphatic heterocycles. The second-order valence-corrected chi connectivity index (χ2v) is 5.38. The summed E-state index contributed by atoms with van der Waals surface area (Å²) < 4.78 is 5.32. The number of morpholine rings is 1. The highest BCUT2D eigenvalue weighted by Gasteiger charge is 2.11. The van der Waals surface area contributed by atoms with Gasteiger partial charge in [0, 0.05) is 45.8 Å². The minimum atomic E-state index is -0.0402. The zero-order valence-corrected chi connectivity index (χ0v) is 12.8. The van der Waals surface area contributed by atoms with Gasteiger partial charge in [0.1, 0.15) is 0 Å². The van der Waals surface area contributed by atoms with Crippen LogP contribution in [0.5, 0.6) is 0 Å². The number of hydrogen-bond acceptors (Lipinski definition) is 5. The summed E-state index contributed by atoms with van der Waals surface area (Å²) in [6.07, 6.45) is 0. The summed E-state index contributed by atoms with van der Waals surface area (Å²) in [7, 11) is 3.46. The van der Waals surface area contributed by atoms with E-state index in [0.717, 1.165) is 45.1 Å². The Hall–Kier alpha value is -1.79. The van der Waals surface area contributed by atoms with Crippen molar-refractivity contribution >= 4 is 17.3 Å². The van der Waals surface area contributed by atoms with E-state index in [9.17, 15) is 4.79 Å². The second-order valence-electron chi connectivity index (χ2n) is 5.38. The van der Waals surface area contributed by atoms with Crippen molar-refractivity contribution in [3.8, 4) is 0 Å². The van der Waals surface area contributed by atoms with Crippen LogP contribution in [0.4, 0.5) is 11.4 Å². The predicted molar refractivity (Wildman–Crippen MR) is 84.6 cm³/mol. The summed E-state index contributed by atoms with van der Waals surface area (Å²) >= 11 is 0. The van der Waals surface area contributed by atoms with E-state index < -0.39 is 0 Å². The van der Waals surface area contributed by atoms with Crippen LogP contribution in [-0.2, 0) is 4.74 Å². The van der Waals surface area contributed by atoms with Gasteiger partial charge in [-0.3, -0.25) is 9.69 Å². The molecule has 1 aromatic rings. The Balaban J connectivity index is 1.87. The predicted octanol–water partition coefficient (Wildman–Crippen LogP) is 0.715. The number of nitrogens with zero attached hydrogens (tertiary/aromatic N) is 2. The summed E-state index contributed by atoms with van der Waals surface area (Å²) in [4.78, 5) is 15.8. The van der Waals surface area contributed by atoms with E-state index in [-0.39, 0.29) is 5.91 Å². The number of anilines is 2. The van der Waals surface area contributed by atoms with Gasteiger partial charge in [0.25, 0.3) is 5.91 Å². The van der Waals surface area contributed by atoms with Crippen molar-refractivity contribution in [3.63, 3.8) is 0 Å². The fraction of sp³-hybridized carbons (Fsp3) is 0.533. The number of hydrogen-bond donors (Lipinski definition) is 2. The average Bonchev–Trinajstić information content (AvgIpc) is 2.49. The Labute approximate surface area is 125 Å². The van der Waals surface area contributed by atoms with E-state index in [2.05, 4.69) is 10.2 Å². The molecule has 1 amide bonds. The van der Waals surface area contributed by atoms with E-state index in [4.69, 9.17) is 10.5 Å². The van der Waals surface area contributed by atoms with Crippen LogP contribution >= 0.6 is 0 Å². The van der Waals surface area contributed by atoms with Crippen molar-refractivity contribution in [2.24, 2.45) is 0 Å². The molecule has 0 saturated carbocycles. The molecule has 0 atom stereocenters. The van der Waals surface area contributed by atoms with Crippen LogP contribution in [0.2, 0.25) is 0 Å². The van der Waals surface area contributed by atoms with Crippen molar-refractivity contribution in [1.82, 2.24) is 9.80 Å². The molecule has 1 aromatic carbocycles. The fourth-order valence-electron chi connectivity index (χ4n) is 2.29. The Kier molecular flexibility index (Phi) is 5.41. The molecule has 0 aromatic heterocycles.